The van der Waals surface area contributed by atoms with Gasteiger partial charge in [0, 0.05) is 41.2 Å². The van der Waals surface area contributed by atoms with E-state index in [0.717, 1.165) is 42.7 Å². The van der Waals surface area contributed by atoms with Gasteiger partial charge in [-0.05, 0) is 112 Å². The van der Waals surface area contributed by atoms with Crippen molar-refractivity contribution in [3.8, 4) is 11.5 Å². The van der Waals surface area contributed by atoms with E-state index in [-0.39, 0.29) is 24.3 Å². The number of halogens is 2. The monoisotopic (exact) mass is 789 g/mol. The molecule has 1 fully saturated rings. The van der Waals surface area contributed by atoms with Crippen molar-refractivity contribution in [2.75, 3.05) is 24.6 Å². The first-order chi connectivity index (χ1) is 25.4. The average Bonchev–Trinajstić information content (AvgIpc) is 3.50. The van der Waals surface area contributed by atoms with Crippen LogP contribution in [0, 0.1) is 0 Å². The summed E-state index contributed by atoms with van der Waals surface area (Å²) in [5.74, 6) is 1.51. The molecule has 0 saturated carbocycles. The fourth-order valence-electron chi connectivity index (χ4n) is 7.49. The molecule has 9 heteroatoms. The summed E-state index contributed by atoms with van der Waals surface area (Å²) in [4.78, 5) is 21.5. The molecule has 0 aliphatic carbocycles. The molecule has 1 amide bonds. The smallest absolute Gasteiger partial charge is 0.264 e. The molecule has 3 aliphatic heterocycles. The zero-order valence-electron chi connectivity index (χ0n) is 28.7. The quantitative estimate of drug-likeness (QED) is 0.151. The second-order valence-corrected chi connectivity index (χ2v) is 15.4. The van der Waals surface area contributed by atoms with Crippen LogP contribution in [0.3, 0.4) is 0 Å². The molecule has 6 nitrogen and oxygen atoms in total. The molecule has 5 aromatic carbocycles. The predicted octanol–water partition coefficient (Wildman–Crippen LogP) is 10.8. The van der Waals surface area contributed by atoms with Crippen molar-refractivity contribution in [1.29, 1.82) is 0 Å². The molecule has 8 rings (SSSR count). The molecule has 0 unspecified atom stereocenters. The van der Waals surface area contributed by atoms with E-state index in [9.17, 15) is 4.79 Å². The van der Waals surface area contributed by atoms with Gasteiger partial charge in [-0.25, -0.2) is 4.99 Å². The first-order valence-electron chi connectivity index (χ1n) is 17.6. The molecule has 5 aromatic rings. The Morgan fingerprint density at radius 1 is 0.885 bits per heavy atom. The summed E-state index contributed by atoms with van der Waals surface area (Å²) in [6.07, 6.45) is 3.96. The lowest BCUT2D eigenvalue weighted by Gasteiger charge is -2.43. The second kappa shape index (κ2) is 15.2. The number of benzene rings is 5. The highest BCUT2D eigenvalue weighted by Crippen LogP contribution is 2.50. The Labute approximate surface area is 322 Å². The lowest BCUT2D eigenvalue weighted by Crippen LogP contribution is -2.37. The fraction of sp³-hybridized carbons (Fsp3) is 0.209. The highest BCUT2D eigenvalue weighted by Gasteiger charge is 2.35. The number of hydrogen-bond donors (Lipinski definition) is 1. The number of hydrogen-bond acceptors (Lipinski definition) is 6. The van der Waals surface area contributed by atoms with Crippen molar-refractivity contribution in [1.82, 2.24) is 5.32 Å². The summed E-state index contributed by atoms with van der Waals surface area (Å²) in [6.45, 7) is 4.74. The number of carbonyl (C=O) groups excluding carboxylic acids is 1. The maximum absolute atomic E-state index is 13.3. The van der Waals surface area contributed by atoms with Crippen molar-refractivity contribution in [2.24, 2.45) is 4.99 Å². The van der Waals surface area contributed by atoms with Gasteiger partial charge in [0.2, 0.25) is 0 Å². The van der Waals surface area contributed by atoms with E-state index >= 15 is 0 Å². The van der Waals surface area contributed by atoms with E-state index < -0.39 is 0 Å². The molecular formula is C43H37BrClN3O3S. The van der Waals surface area contributed by atoms with Crippen molar-refractivity contribution in [3.05, 3.63) is 157 Å². The lowest BCUT2D eigenvalue weighted by molar-refractivity contribution is -0.115. The molecule has 1 N–H and O–H groups in total. The standard InChI is InChI=1S/C43H37BrClN3O3S/c1-2-50-38-22-27(21-36(44)41(38)51-26-30-15-9-10-16-37(30)45)23-39-42(49)47-43(52-39)46-31-24-34-32(28-11-5-3-6-12-28)17-19-48-20-18-33(35(25-31)40(34)48)29-13-7-4-8-14-29/h3-16,21-25,32-33H,2,17-20,26H2,1H3,(H,46,47,49)/b39-23-/t32-,33-/m0/s1. The van der Waals surface area contributed by atoms with E-state index in [2.05, 4.69) is 98.9 Å². The van der Waals surface area contributed by atoms with Crippen LogP contribution >= 0.6 is 39.3 Å². The normalized spacial score (nSPS) is 19.4. The highest BCUT2D eigenvalue weighted by molar-refractivity contribution is 9.10. The molecule has 0 spiro atoms. The summed E-state index contributed by atoms with van der Waals surface area (Å²) >= 11 is 11.4. The third-order valence-corrected chi connectivity index (χ3v) is 11.7. The van der Waals surface area contributed by atoms with Gasteiger partial charge in [0.25, 0.3) is 5.91 Å². The summed E-state index contributed by atoms with van der Waals surface area (Å²) in [5.41, 5.74) is 9.14. The van der Waals surface area contributed by atoms with E-state index in [1.807, 2.05) is 49.4 Å². The third-order valence-electron chi connectivity index (χ3n) is 9.84. The molecule has 3 aliphatic rings. The van der Waals surface area contributed by atoms with Gasteiger partial charge < -0.3 is 19.7 Å². The zero-order valence-corrected chi connectivity index (χ0v) is 31.8. The van der Waals surface area contributed by atoms with Crippen LogP contribution in [0.4, 0.5) is 11.4 Å². The van der Waals surface area contributed by atoms with Crippen LogP contribution in [0.1, 0.15) is 65.0 Å². The van der Waals surface area contributed by atoms with Gasteiger partial charge in [-0.3, -0.25) is 4.79 Å². The number of rotatable bonds is 9. The van der Waals surface area contributed by atoms with E-state index in [1.165, 1.54) is 39.7 Å². The maximum atomic E-state index is 13.3. The lowest BCUT2D eigenvalue weighted by atomic mass is 9.76. The van der Waals surface area contributed by atoms with Crippen LogP contribution in [-0.4, -0.2) is 30.8 Å². The minimum absolute atomic E-state index is 0.188. The van der Waals surface area contributed by atoms with E-state index in [1.54, 1.807) is 0 Å². The van der Waals surface area contributed by atoms with Crippen LogP contribution in [-0.2, 0) is 11.4 Å². The van der Waals surface area contributed by atoms with Crippen LogP contribution in [0.2, 0.25) is 5.02 Å². The number of ether oxygens (including phenoxy) is 2. The summed E-state index contributed by atoms with van der Waals surface area (Å²) in [5, 5.41) is 4.22. The number of thioether (sulfide) groups is 1. The van der Waals surface area contributed by atoms with Gasteiger partial charge in [-0.1, -0.05) is 90.5 Å². The Kier molecular flexibility index (Phi) is 10.1. The Bertz CT molecular complexity index is 2120. The third kappa shape index (κ3) is 7.12. The Balaban J connectivity index is 1.12. The Hall–Kier alpha value is -4.50. The molecule has 0 radical (unpaired) electrons. The molecule has 1 saturated heterocycles. The van der Waals surface area contributed by atoms with Crippen LogP contribution in [0.15, 0.2) is 124 Å². The number of anilines is 1. The number of carbonyl (C=O) groups is 1. The van der Waals surface area contributed by atoms with Crippen LogP contribution < -0.4 is 19.7 Å². The number of aliphatic imine (C=N–C) groups is 1. The van der Waals surface area contributed by atoms with Crippen molar-refractivity contribution < 1.29 is 14.3 Å². The molecule has 262 valence electrons. The molecule has 52 heavy (non-hydrogen) atoms. The summed E-state index contributed by atoms with van der Waals surface area (Å²) in [7, 11) is 0. The van der Waals surface area contributed by atoms with Gasteiger partial charge in [-0.15, -0.1) is 0 Å². The molecule has 0 bridgehead atoms. The van der Waals surface area contributed by atoms with Crippen molar-refractivity contribution >= 4 is 67.8 Å². The number of nitrogens with zero attached hydrogens (tertiary/aromatic N) is 2. The average molecular weight is 791 g/mol. The minimum atomic E-state index is -0.188. The van der Waals surface area contributed by atoms with Crippen molar-refractivity contribution in [3.63, 3.8) is 0 Å². The molecule has 2 atom stereocenters. The topological polar surface area (TPSA) is 63.2 Å². The Morgan fingerprint density at radius 2 is 1.52 bits per heavy atom. The predicted molar refractivity (Wildman–Crippen MR) is 216 cm³/mol. The van der Waals surface area contributed by atoms with Crippen molar-refractivity contribution in [2.45, 2.75) is 38.2 Å². The molecule has 0 aromatic heterocycles. The SMILES string of the molecule is CCOc1cc(/C=C2\SC(=Nc3cc4c5c(c3)[C@H](c3ccccc3)CCN5CC[C@H]4c3ccccc3)NC2=O)cc(Br)c1OCc1ccccc1Cl. The summed E-state index contributed by atoms with van der Waals surface area (Å²) in [6, 6.07) is 37.5. The maximum Gasteiger partial charge on any atom is 0.264 e. The van der Waals surface area contributed by atoms with Crippen LogP contribution in [0.25, 0.3) is 6.08 Å². The van der Waals surface area contributed by atoms with Crippen LogP contribution in [0.5, 0.6) is 11.5 Å². The zero-order chi connectivity index (χ0) is 35.6. The first-order valence-corrected chi connectivity index (χ1v) is 19.6. The molecular weight excluding hydrogens is 754 g/mol. The van der Waals surface area contributed by atoms with Gasteiger partial charge in [0.1, 0.15) is 6.61 Å². The number of amides is 1. The van der Waals surface area contributed by atoms with E-state index in [0.29, 0.717) is 37.7 Å². The second-order valence-electron chi connectivity index (χ2n) is 13.1. The largest absolute Gasteiger partial charge is 0.490 e. The van der Waals surface area contributed by atoms with Gasteiger partial charge in [0.05, 0.1) is 21.7 Å². The van der Waals surface area contributed by atoms with Gasteiger partial charge in [-0.2, -0.15) is 0 Å². The van der Waals surface area contributed by atoms with E-state index in [4.69, 9.17) is 26.1 Å². The number of amidine groups is 1. The van der Waals surface area contributed by atoms with Gasteiger partial charge in [0.15, 0.2) is 16.7 Å². The minimum Gasteiger partial charge on any atom is -0.490 e. The Morgan fingerprint density at radius 3 is 2.15 bits per heavy atom. The molecule has 3 heterocycles. The van der Waals surface area contributed by atoms with Gasteiger partial charge >= 0.3 is 0 Å². The first kappa shape index (κ1) is 34.6. The summed E-state index contributed by atoms with van der Waals surface area (Å²) < 4.78 is 12.9. The fourth-order valence-corrected chi connectivity index (χ4v) is 9.10. The number of nitrogens with one attached hydrogen (secondary N) is 1. The highest BCUT2D eigenvalue weighted by atomic mass is 79.9.